The highest BCUT2D eigenvalue weighted by Gasteiger charge is 2.05. The molecule has 0 unspecified atom stereocenters. The molecule has 2 nitrogen and oxygen atoms in total. The molecule has 0 saturated heterocycles. The number of aryl methyl sites for hydroxylation is 1. The van der Waals surface area contributed by atoms with E-state index in [4.69, 9.17) is 5.73 Å². The fourth-order valence-electron chi connectivity index (χ4n) is 2.31. The molecule has 20 heavy (non-hydrogen) atoms. The second kappa shape index (κ2) is 6.91. The number of nitrogens with two attached hydrogens (primary N) is 1. The van der Waals surface area contributed by atoms with E-state index < -0.39 is 0 Å². The molecule has 2 aromatic carbocycles. The average Bonchev–Trinajstić information content (AvgIpc) is 2.44. The number of benzene rings is 2. The van der Waals surface area contributed by atoms with Crippen molar-refractivity contribution in [2.24, 2.45) is 5.73 Å². The van der Waals surface area contributed by atoms with Crippen LogP contribution in [0.3, 0.4) is 0 Å². The molecule has 0 aliphatic heterocycles. The summed E-state index contributed by atoms with van der Waals surface area (Å²) >= 11 is 3.46. The molecule has 2 rings (SSSR count). The van der Waals surface area contributed by atoms with Crippen molar-refractivity contribution in [2.75, 3.05) is 18.5 Å². The summed E-state index contributed by atoms with van der Waals surface area (Å²) in [5, 5.41) is 0. The molecule has 0 aliphatic carbocycles. The fraction of sp³-hybridized carbons (Fsp3) is 0.294. The third-order valence-electron chi connectivity index (χ3n) is 3.51. The summed E-state index contributed by atoms with van der Waals surface area (Å²) in [7, 11) is 2.12. The van der Waals surface area contributed by atoms with Gasteiger partial charge in [-0.3, -0.25) is 0 Å². The number of halogens is 1. The molecule has 0 spiro atoms. The van der Waals surface area contributed by atoms with E-state index in [9.17, 15) is 0 Å². The van der Waals surface area contributed by atoms with Gasteiger partial charge in [0.05, 0.1) is 0 Å². The predicted octanol–water partition coefficient (Wildman–Crippen LogP) is 3.90. The first kappa shape index (κ1) is 15.1. The Morgan fingerprint density at radius 3 is 2.40 bits per heavy atom. The lowest BCUT2D eigenvalue weighted by atomic mass is 10.0. The van der Waals surface area contributed by atoms with E-state index in [1.807, 2.05) is 0 Å². The van der Waals surface area contributed by atoms with Crippen LogP contribution < -0.4 is 10.6 Å². The largest absolute Gasteiger partial charge is 0.370 e. The van der Waals surface area contributed by atoms with Gasteiger partial charge in [-0.15, -0.1) is 0 Å². The third kappa shape index (κ3) is 3.84. The second-order valence-electron chi connectivity index (χ2n) is 5.13. The van der Waals surface area contributed by atoms with Crippen molar-refractivity contribution in [2.45, 2.75) is 19.9 Å². The van der Waals surface area contributed by atoms with Crippen molar-refractivity contribution >= 4 is 21.6 Å². The van der Waals surface area contributed by atoms with Crippen LogP contribution in [0.2, 0.25) is 0 Å². The Balaban J connectivity index is 2.10. The fourth-order valence-corrected chi connectivity index (χ4v) is 2.57. The van der Waals surface area contributed by atoms with Crippen molar-refractivity contribution in [1.29, 1.82) is 0 Å². The Kier molecular flexibility index (Phi) is 5.21. The van der Waals surface area contributed by atoms with Gasteiger partial charge in [-0.2, -0.15) is 0 Å². The number of nitrogens with zero attached hydrogens (tertiary/aromatic N) is 1. The van der Waals surface area contributed by atoms with Crippen LogP contribution in [0.4, 0.5) is 5.69 Å². The van der Waals surface area contributed by atoms with Gasteiger partial charge in [-0.25, -0.2) is 0 Å². The molecule has 2 aromatic rings. The van der Waals surface area contributed by atoms with Crippen LogP contribution in [0.1, 0.15) is 16.7 Å². The SMILES string of the molecule is Cc1cc(N(C)Cc2ccc(Br)cc2)ccc1CCN. The molecular weight excluding hydrogens is 312 g/mol. The van der Waals surface area contributed by atoms with Crippen LogP contribution in [-0.4, -0.2) is 13.6 Å². The summed E-state index contributed by atoms with van der Waals surface area (Å²) in [6, 6.07) is 15.1. The zero-order chi connectivity index (χ0) is 14.5. The van der Waals surface area contributed by atoms with Gasteiger partial charge in [0.25, 0.3) is 0 Å². The minimum atomic E-state index is 0.703. The van der Waals surface area contributed by atoms with Crippen LogP contribution in [0, 0.1) is 6.92 Å². The minimum absolute atomic E-state index is 0.703. The van der Waals surface area contributed by atoms with E-state index in [1.165, 1.54) is 22.4 Å². The molecule has 0 amide bonds. The normalized spacial score (nSPS) is 10.6. The number of rotatable bonds is 5. The summed E-state index contributed by atoms with van der Waals surface area (Å²) in [5.74, 6) is 0. The molecule has 0 atom stereocenters. The van der Waals surface area contributed by atoms with Crippen molar-refractivity contribution in [3.63, 3.8) is 0 Å². The molecule has 0 aromatic heterocycles. The summed E-state index contributed by atoms with van der Waals surface area (Å²) in [6.07, 6.45) is 0.947. The van der Waals surface area contributed by atoms with Gasteiger partial charge in [0.2, 0.25) is 0 Å². The second-order valence-corrected chi connectivity index (χ2v) is 6.05. The Bertz CT molecular complexity index is 564. The first-order chi connectivity index (χ1) is 9.60. The monoisotopic (exact) mass is 332 g/mol. The molecule has 0 saturated carbocycles. The van der Waals surface area contributed by atoms with Gasteiger partial charge in [0.15, 0.2) is 0 Å². The molecule has 0 heterocycles. The maximum Gasteiger partial charge on any atom is 0.0426 e. The zero-order valence-electron chi connectivity index (χ0n) is 12.1. The van der Waals surface area contributed by atoms with E-state index >= 15 is 0 Å². The van der Waals surface area contributed by atoms with Crippen LogP contribution in [0.25, 0.3) is 0 Å². The van der Waals surface area contributed by atoms with Crippen LogP contribution in [0.15, 0.2) is 46.9 Å². The number of anilines is 1. The van der Waals surface area contributed by atoms with Gasteiger partial charge in [0, 0.05) is 23.8 Å². The van der Waals surface area contributed by atoms with E-state index in [0.29, 0.717) is 6.54 Å². The standard InChI is InChI=1S/C17H21BrN2/c1-13-11-17(8-5-15(13)9-10-19)20(2)12-14-3-6-16(18)7-4-14/h3-8,11H,9-10,12,19H2,1-2H3. The van der Waals surface area contributed by atoms with Crippen LogP contribution in [-0.2, 0) is 13.0 Å². The molecule has 2 N–H and O–H groups in total. The molecule has 0 radical (unpaired) electrons. The smallest absolute Gasteiger partial charge is 0.0426 e. The van der Waals surface area contributed by atoms with Crippen molar-refractivity contribution in [1.82, 2.24) is 0 Å². The number of hydrogen-bond acceptors (Lipinski definition) is 2. The maximum atomic E-state index is 5.63. The molecule has 106 valence electrons. The molecule has 0 bridgehead atoms. The van der Waals surface area contributed by atoms with Crippen molar-refractivity contribution in [3.8, 4) is 0 Å². The summed E-state index contributed by atoms with van der Waals surface area (Å²) in [6.45, 7) is 3.76. The highest BCUT2D eigenvalue weighted by molar-refractivity contribution is 9.10. The molecular formula is C17H21BrN2. The van der Waals surface area contributed by atoms with Gasteiger partial charge in [-0.05, 0) is 60.8 Å². The van der Waals surface area contributed by atoms with Gasteiger partial charge >= 0.3 is 0 Å². The van der Waals surface area contributed by atoms with Gasteiger partial charge in [-0.1, -0.05) is 34.1 Å². The predicted molar refractivity (Wildman–Crippen MR) is 90.2 cm³/mol. The van der Waals surface area contributed by atoms with Gasteiger partial charge in [0.1, 0.15) is 0 Å². The first-order valence-corrected chi connectivity index (χ1v) is 7.64. The third-order valence-corrected chi connectivity index (χ3v) is 4.04. The van der Waals surface area contributed by atoms with Crippen LogP contribution in [0.5, 0.6) is 0 Å². The topological polar surface area (TPSA) is 29.3 Å². The summed E-state index contributed by atoms with van der Waals surface area (Å²) in [4.78, 5) is 2.27. The minimum Gasteiger partial charge on any atom is -0.370 e. The highest BCUT2D eigenvalue weighted by Crippen LogP contribution is 2.21. The van der Waals surface area contributed by atoms with E-state index in [1.54, 1.807) is 0 Å². The molecule has 0 aliphatic rings. The Morgan fingerprint density at radius 1 is 1.10 bits per heavy atom. The van der Waals surface area contributed by atoms with E-state index in [2.05, 4.69) is 77.3 Å². The lowest BCUT2D eigenvalue weighted by Crippen LogP contribution is -2.16. The van der Waals surface area contributed by atoms with Crippen molar-refractivity contribution < 1.29 is 0 Å². The van der Waals surface area contributed by atoms with E-state index in [0.717, 1.165) is 17.4 Å². The van der Waals surface area contributed by atoms with Gasteiger partial charge < -0.3 is 10.6 Å². The van der Waals surface area contributed by atoms with E-state index in [-0.39, 0.29) is 0 Å². The number of hydrogen-bond donors (Lipinski definition) is 1. The zero-order valence-corrected chi connectivity index (χ0v) is 13.7. The average molecular weight is 333 g/mol. The van der Waals surface area contributed by atoms with Crippen molar-refractivity contribution in [3.05, 3.63) is 63.6 Å². The highest BCUT2D eigenvalue weighted by atomic mass is 79.9. The van der Waals surface area contributed by atoms with Crippen LogP contribution >= 0.6 is 15.9 Å². The summed E-state index contributed by atoms with van der Waals surface area (Å²) < 4.78 is 1.12. The molecule has 3 heteroatoms. The first-order valence-electron chi connectivity index (χ1n) is 6.85. The Hall–Kier alpha value is -1.32. The summed E-state index contributed by atoms with van der Waals surface area (Å²) in [5.41, 5.74) is 10.8. The lowest BCUT2D eigenvalue weighted by molar-refractivity contribution is 0.915. The quantitative estimate of drug-likeness (QED) is 0.899. The Labute approximate surface area is 129 Å². The molecule has 0 fully saturated rings. The lowest BCUT2D eigenvalue weighted by Gasteiger charge is -2.21. The maximum absolute atomic E-state index is 5.63. The Morgan fingerprint density at radius 2 is 1.80 bits per heavy atom.